The SMILES string of the molecule is [CH2]C(CBr)(CCBr)CCBr. The average Bonchev–Trinajstić information content (AvgIpc) is 1.89. The molecule has 10 heavy (non-hydrogen) atoms. The van der Waals surface area contributed by atoms with Crippen LogP contribution in [0.5, 0.6) is 0 Å². The van der Waals surface area contributed by atoms with Crippen LogP contribution in [0.3, 0.4) is 0 Å². The van der Waals surface area contributed by atoms with Gasteiger partial charge in [0.05, 0.1) is 0 Å². The highest BCUT2D eigenvalue weighted by Crippen LogP contribution is 2.29. The van der Waals surface area contributed by atoms with E-state index in [9.17, 15) is 0 Å². The summed E-state index contributed by atoms with van der Waals surface area (Å²) in [4.78, 5) is 0. The maximum atomic E-state index is 4.16. The summed E-state index contributed by atoms with van der Waals surface area (Å²) >= 11 is 10.3. The average molecular weight is 336 g/mol. The summed E-state index contributed by atoms with van der Waals surface area (Å²) in [5, 5.41) is 3.06. The smallest absolute Gasteiger partial charge is 0.00885 e. The summed E-state index contributed by atoms with van der Waals surface area (Å²) in [5.74, 6) is 0. The van der Waals surface area contributed by atoms with Crippen LogP contribution >= 0.6 is 47.8 Å². The monoisotopic (exact) mass is 333 g/mol. The van der Waals surface area contributed by atoms with E-state index in [0.29, 0.717) is 0 Å². The third-order valence-electron chi connectivity index (χ3n) is 1.53. The maximum Gasteiger partial charge on any atom is 0.00885 e. The van der Waals surface area contributed by atoms with Crippen LogP contribution in [0.4, 0.5) is 0 Å². The molecule has 0 unspecified atom stereocenters. The Morgan fingerprint density at radius 3 is 1.60 bits per heavy atom. The third-order valence-corrected chi connectivity index (χ3v) is 3.52. The minimum absolute atomic E-state index is 0.215. The molecule has 0 spiro atoms. The van der Waals surface area contributed by atoms with Crippen LogP contribution in [-0.4, -0.2) is 16.0 Å². The van der Waals surface area contributed by atoms with Crippen molar-refractivity contribution in [2.75, 3.05) is 16.0 Å². The van der Waals surface area contributed by atoms with Gasteiger partial charge in [0, 0.05) is 16.0 Å². The van der Waals surface area contributed by atoms with Crippen molar-refractivity contribution in [3.8, 4) is 0 Å². The molecule has 0 saturated carbocycles. The van der Waals surface area contributed by atoms with Gasteiger partial charge in [-0.3, -0.25) is 0 Å². The fourth-order valence-corrected chi connectivity index (χ4v) is 2.90. The van der Waals surface area contributed by atoms with Gasteiger partial charge in [-0.05, 0) is 25.2 Å². The zero-order valence-electron chi connectivity index (χ0n) is 5.88. The van der Waals surface area contributed by atoms with Crippen LogP contribution in [0.2, 0.25) is 0 Å². The summed E-state index contributed by atoms with van der Waals surface area (Å²) in [6, 6.07) is 0. The lowest BCUT2D eigenvalue weighted by Crippen LogP contribution is -2.19. The minimum atomic E-state index is 0.215. The number of hydrogen-bond donors (Lipinski definition) is 0. The predicted molar refractivity (Wildman–Crippen MR) is 58.4 cm³/mol. The first-order chi connectivity index (χ1) is 4.68. The van der Waals surface area contributed by atoms with Crippen molar-refractivity contribution in [1.29, 1.82) is 0 Å². The van der Waals surface area contributed by atoms with Crippen LogP contribution in [0.1, 0.15) is 12.8 Å². The van der Waals surface area contributed by atoms with E-state index in [2.05, 4.69) is 54.7 Å². The highest BCUT2D eigenvalue weighted by molar-refractivity contribution is 9.09. The molecule has 0 fully saturated rings. The first-order valence-electron chi connectivity index (χ1n) is 3.22. The molecule has 0 aromatic carbocycles. The van der Waals surface area contributed by atoms with E-state index in [1.165, 1.54) is 0 Å². The van der Waals surface area contributed by atoms with Gasteiger partial charge in [0.25, 0.3) is 0 Å². The van der Waals surface area contributed by atoms with E-state index < -0.39 is 0 Å². The number of halogens is 3. The third kappa shape index (κ3) is 4.35. The van der Waals surface area contributed by atoms with Gasteiger partial charge in [0.15, 0.2) is 0 Å². The van der Waals surface area contributed by atoms with Crippen LogP contribution in [0.15, 0.2) is 0 Å². The first-order valence-corrected chi connectivity index (χ1v) is 6.58. The van der Waals surface area contributed by atoms with Crippen molar-refractivity contribution in [2.45, 2.75) is 12.8 Å². The summed E-state index contributed by atoms with van der Waals surface area (Å²) in [7, 11) is 0. The molecule has 0 aliphatic heterocycles. The molecule has 0 N–H and O–H groups in total. The lowest BCUT2D eigenvalue weighted by molar-refractivity contribution is 0.413. The van der Waals surface area contributed by atoms with Crippen molar-refractivity contribution in [3.63, 3.8) is 0 Å². The Hall–Kier alpha value is 1.44. The molecule has 0 aromatic heterocycles. The van der Waals surface area contributed by atoms with Gasteiger partial charge in [-0.1, -0.05) is 47.8 Å². The molecule has 0 aliphatic carbocycles. The Bertz CT molecular complexity index is 76.9. The number of hydrogen-bond acceptors (Lipinski definition) is 0. The Morgan fingerprint density at radius 2 is 1.40 bits per heavy atom. The fourth-order valence-electron chi connectivity index (χ4n) is 0.660. The van der Waals surface area contributed by atoms with E-state index in [1.54, 1.807) is 0 Å². The van der Waals surface area contributed by atoms with Crippen LogP contribution in [0.25, 0.3) is 0 Å². The molecule has 3 heteroatoms. The van der Waals surface area contributed by atoms with E-state index in [0.717, 1.165) is 28.8 Å². The molecular formula is C7H12Br3. The number of rotatable bonds is 5. The maximum absolute atomic E-state index is 4.16. The zero-order valence-corrected chi connectivity index (χ0v) is 10.6. The quantitative estimate of drug-likeness (QED) is 0.671. The molecule has 0 saturated heterocycles. The molecule has 0 nitrogen and oxygen atoms in total. The van der Waals surface area contributed by atoms with Crippen LogP contribution in [-0.2, 0) is 0 Å². The second-order valence-electron chi connectivity index (χ2n) is 2.51. The second-order valence-corrected chi connectivity index (χ2v) is 4.66. The molecule has 0 heterocycles. The van der Waals surface area contributed by atoms with Gasteiger partial charge in [-0.25, -0.2) is 0 Å². The van der Waals surface area contributed by atoms with Crippen molar-refractivity contribution in [2.24, 2.45) is 5.41 Å². The lowest BCUT2D eigenvalue weighted by atomic mass is 9.87. The summed E-state index contributed by atoms with van der Waals surface area (Å²) in [6.45, 7) is 4.16. The lowest BCUT2D eigenvalue weighted by Gasteiger charge is -2.24. The molecule has 0 bridgehead atoms. The van der Waals surface area contributed by atoms with Crippen molar-refractivity contribution >= 4 is 47.8 Å². The van der Waals surface area contributed by atoms with E-state index in [-0.39, 0.29) is 5.41 Å². The van der Waals surface area contributed by atoms with Gasteiger partial charge < -0.3 is 0 Å². The van der Waals surface area contributed by atoms with Gasteiger partial charge >= 0.3 is 0 Å². The highest BCUT2D eigenvalue weighted by atomic mass is 79.9. The molecule has 61 valence electrons. The predicted octanol–water partition coefficient (Wildman–Crippen LogP) is 3.77. The van der Waals surface area contributed by atoms with Gasteiger partial charge in [-0.15, -0.1) is 0 Å². The van der Waals surface area contributed by atoms with E-state index in [4.69, 9.17) is 0 Å². The Kier molecular flexibility index (Phi) is 6.88. The summed E-state index contributed by atoms with van der Waals surface area (Å²) < 4.78 is 0. The highest BCUT2D eigenvalue weighted by Gasteiger charge is 2.20. The van der Waals surface area contributed by atoms with E-state index in [1.807, 2.05) is 0 Å². The van der Waals surface area contributed by atoms with Gasteiger partial charge in [0.2, 0.25) is 0 Å². The van der Waals surface area contributed by atoms with Crippen molar-refractivity contribution < 1.29 is 0 Å². The van der Waals surface area contributed by atoms with Gasteiger partial charge in [0.1, 0.15) is 0 Å². The fraction of sp³-hybridized carbons (Fsp3) is 0.857. The van der Waals surface area contributed by atoms with Crippen LogP contribution in [0, 0.1) is 12.3 Å². The molecule has 1 radical (unpaired) electrons. The first kappa shape index (κ1) is 11.4. The largest absolute Gasteiger partial charge is 0.0928 e. The van der Waals surface area contributed by atoms with Gasteiger partial charge in [-0.2, -0.15) is 0 Å². The Balaban J connectivity index is 3.69. The summed E-state index contributed by atoms with van der Waals surface area (Å²) in [5.41, 5.74) is 0.215. The second kappa shape index (κ2) is 6.01. The molecule has 0 amide bonds. The van der Waals surface area contributed by atoms with Crippen molar-refractivity contribution in [3.05, 3.63) is 6.92 Å². The molecule has 0 rings (SSSR count). The van der Waals surface area contributed by atoms with Crippen LogP contribution < -0.4 is 0 Å². The molecule has 0 aromatic rings. The molecule has 0 atom stereocenters. The number of alkyl halides is 3. The minimum Gasteiger partial charge on any atom is -0.0928 e. The Morgan fingerprint density at radius 1 is 1.00 bits per heavy atom. The Labute approximate surface area is 88.5 Å². The summed E-state index contributed by atoms with van der Waals surface area (Å²) in [6.07, 6.45) is 2.26. The molecule has 0 aliphatic rings. The molecular weight excluding hydrogens is 324 g/mol. The topological polar surface area (TPSA) is 0 Å². The standard InChI is InChI=1S/C7H12Br3/c1-7(6-10,2-4-8)3-5-9/h1-6H2. The normalized spacial score (nSPS) is 12.0. The zero-order chi connectivity index (χ0) is 8.04. The van der Waals surface area contributed by atoms with E-state index >= 15 is 0 Å². The van der Waals surface area contributed by atoms with Crippen molar-refractivity contribution in [1.82, 2.24) is 0 Å².